The molecule has 114 valence electrons. The summed E-state index contributed by atoms with van der Waals surface area (Å²) in [6.45, 7) is 3.26. The van der Waals surface area contributed by atoms with Gasteiger partial charge in [0.25, 0.3) is 0 Å². The van der Waals surface area contributed by atoms with Crippen LogP contribution < -0.4 is 5.32 Å². The van der Waals surface area contributed by atoms with Crippen LogP contribution in [0, 0.1) is 0 Å². The van der Waals surface area contributed by atoms with Gasteiger partial charge in [0, 0.05) is 24.5 Å². The summed E-state index contributed by atoms with van der Waals surface area (Å²) in [5.74, 6) is -0.0682. The summed E-state index contributed by atoms with van der Waals surface area (Å²) in [5, 5.41) is 12.8. The summed E-state index contributed by atoms with van der Waals surface area (Å²) >= 11 is 6.11. The largest absolute Gasteiger partial charge is 0.323 e. The van der Waals surface area contributed by atoms with Crippen molar-refractivity contribution in [2.24, 2.45) is 0 Å². The average Bonchev–Trinajstić information content (AvgIpc) is 3.12. The highest BCUT2D eigenvalue weighted by Gasteiger charge is 2.08. The zero-order chi connectivity index (χ0) is 15.5. The van der Waals surface area contributed by atoms with Crippen LogP contribution in [-0.2, 0) is 17.9 Å². The van der Waals surface area contributed by atoms with Gasteiger partial charge in [-0.15, -0.1) is 0 Å². The van der Waals surface area contributed by atoms with Crippen molar-refractivity contribution >= 4 is 34.1 Å². The minimum absolute atomic E-state index is 0.0682. The van der Waals surface area contributed by atoms with Gasteiger partial charge >= 0.3 is 0 Å². The van der Waals surface area contributed by atoms with Crippen LogP contribution in [-0.4, -0.2) is 25.5 Å². The second kappa shape index (κ2) is 6.19. The zero-order valence-corrected chi connectivity index (χ0v) is 12.9. The van der Waals surface area contributed by atoms with E-state index in [1.54, 1.807) is 28.0 Å². The first-order valence-electron chi connectivity index (χ1n) is 7.09. The SMILES string of the molecule is CCn1cc(NC(=O)CCn2ncc3c(Cl)cccc32)cn1. The molecule has 0 bridgehead atoms. The Kier molecular flexibility index (Phi) is 4.11. The van der Waals surface area contributed by atoms with Gasteiger partial charge in [-0.25, -0.2) is 0 Å². The Labute approximate surface area is 132 Å². The molecule has 0 atom stereocenters. The number of fused-ring (bicyclic) bond motifs is 1. The fourth-order valence-electron chi connectivity index (χ4n) is 2.28. The van der Waals surface area contributed by atoms with E-state index in [1.165, 1.54) is 0 Å². The molecule has 0 saturated heterocycles. The highest BCUT2D eigenvalue weighted by Crippen LogP contribution is 2.22. The molecule has 1 N–H and O–H groups in total. The molecule has 3 rings (SSSR count). The quantitative estimate of drug-likeness (QED) is 0.787. The van der Waals surface area contributed by atoms with Crippen molar-refractivity contribution in [3.63, 3.8) is 0 Å². The number of halogens is 1. The van der Waals surface area contributed by atoms with Crippen molar-refractivity contribution in [1.29, 1.82) is 0 Å². The van der Waals surface area contributed by atoms with Gasteiger partial charge < -0.3 is 5.32 Å². The van der Waals surface area contributed by atoms with Gasteiger partial charge in [0.2, 0.25) is 5.91 Å². The van der Waals surface area contributed by atoms with Crippen molar-refractivity contribution in [1.82, 2.24) is 19.6 Å². The lowest BCUT2D eigenvalue weighted by atomic mass is 10.2. The molecule has 0 spiro atoms. The summed E-state index contributed by atoms with van der Waals surface area (Å²) in [6, 6.07) is 5.65. The van der Waals surface area contributed by atoms with E-state index in [-0.39, 0.29) is 5.91 Å². The second-order valence-electron chi connectivity index (χ2n) is 4.92. The standard InChI is InChI=1S/C15H16ClN5O/c1-2-20-10-11(8-17-20)19-15(22)6-7-21-14-5-3-4-13(16)12(14)9-18-21/h3-5,8-10H,2,6-7H2,1H3,(H,19,22). The molecule has 2 heterocycles. The fraction of sp³-hybridized carbons (Fsp3) is 0.267. The maximum absolute atomic E-state index is 12.0. The van der Waals surface area contributed by atoms with Crippen LogP contribution >= 0.6 is 11.6 Å². The molecule has 0 fully saturated rings. The second-order valence-corrected chi connectivity index (χ2v) is 5.33. The number of carbonyl (C=O) groups is 1. The average molecular weight is 318 g/mol. The summed E-state index contributed by atoms with van der Waals surface area (Å²) in [6.07, 6.45) is 5.51. The first-order chi connectivity index (χ1) is 10.7. The molecule has 0 saturated carbocycles. The van der Waals surface area contributed by atoms with Gasteiger partial charge in [-0.3, -0.25) is 14.2 Å². The molecule has 2 aromatic heterocycles. The lowest BCUT2D eigenvalue weighted by Crippen LogP contribution is -2.14. The summed E-state index contributed by atoms with van der Waals surface area (Å²) in [7, 11) is 0. The minimum atomic E-state index is -0.0682. The third kappa shape index (κ3) is 2.96. The monoisotopic (exact) mass is 317 g/mol. The third-order valence-electron chi connectivity index (χ3n) is 3.43. The summed E-state index contributed by atoms with van der Waals surface area (Å²) in [4.78, 5) is 12.0. The Balaban J connectivity index is 1.63. The molecule has 0 aliphatic carbocycles. The Morgan fingerprint density at radius 3 is 2.95 bits per heavy atom. The number of benzene rings is 1. The smallest absolute Gasteiger partial charge is 0.226 e. The Morgan fingerprint density at radius 1 is 1.32 bits per heavy atom. The summed E-state index contributed by atoms with van der Waals surface area (Å²) < 4.78 is 3.55. The fourth-order valence-corrected chi connectivity index (χ4v) is 2.50. The first kappa shape index (κ1) is 14.6. The molecular weight excluding hydrogens is 302 g/mol. The van der Waals surface area contributed by atoms with E-state index in [9.17, 15) is 4.79 Å². The van der Waals surface area contributed by atoms with Crippen molar-refractivity contribution < 1.29 is 4.79 Å². The van der Waals surface area contributed by atoms with E-state index in [4.69, 9.17) is 11.6 Å². The van der Waals surface area contributed by atoms with Crippen LogP contribution in [0.3, 0.4) is 0 Å². The molecule has 1 amide bonds. The van der Waals surface area contributed by atoms with E-state index in [2.05, 4.69) is 15.5 Å². The van der Waals surface area contributed by atoms with Crippen LogP contribution in [0.15, 0.2) is 36.8 Å². The van der Waals surface area contributed by atoms with Gasteiger partial charge in [-0.05, 0) is 19.1 Å². The van der Waals surface area contributed by atoms with Gasteiger partial charge in [-0.1, -0.05) is 17.7 Å². The molecule has 3 aromatic rings. The molecule has 1 aromatic carbocycles. The number of rotatable bonds is 5. The molecule has 7 heteroatoms. The van der Waals surface area contributed by atoms with E-state index in [0.717, 1.165) is 17.4 Å². The van der Waals surface area contributed by atoms with Gasteiger partial charge in [0.15, 0.2) is 0 Å². The van der Waals surface area contributed by atoms with E-state index in [0.29, 0.717) is 23.7 Å². The lowest BCUT2D eigenvalue weighted by molar-refractivity contribution is -0.116. The lowest BCUT2D eigenvalue weighted by Gasteiger charge is -2.04. The molecule has 0 aliphatic heterocycles. The topological polar surface area (TPSA) is 64.7 Å². The number of carbonyl (C=O) groups excluding carboxylic acids is 1. The molecule has 22 heavy (non-hydrogen) atoms. The predicted octanol–water partition coefficient (Wildman–Crippen LogP) is 2.93. The van der Waals surface area contributed by atoms with E-state index in [1.807, 2.05) is 25.1 Å². The van der Waals surface area contributed by atoms with Crippen molar-refractivity contribution in [3.8, 4) is 0 Å². The Bertz CT molecular complexity index is 807. The van der Waals surface area contributed by atoms with Crippen LogP contribution in [0.5, 0.6) is 0 Å². The minimum Gasteiger partial charge on any atom is -0.323 e. The highest BCUT2D eigenvalue weighted by molar-refractivity contribution is 6.35. The maximum Gasteiger partial charge on any atom is 0.226 e. The number of nitrogens with zero attached hydrogens (tertiary/aromatic N) is 4. The van der Waals surface area contributed by atoms with Crippen molar-refractivity contribution in [3.05, 3.63) is 41.8 Å². The van der Waals surface area contributed by atoms with Gasteiger partial charge in [0.1, 0.15) is 0 Å². The molecule has 0 radical (unpaired) electrons. The highest BCUT2D eigenvalue weighted by atomic mass is 35.5. The summed E-state index contributed by atoms with van der Waals surface area (Å²) in [5.41, 5.74) is 1.64. The number of hydrogen-bond acceptors (Lipinski definition) is 3. The maximum atomic E-state index is 12.0. The van der Waals surface area contributed by atoms with Crippen LogP contribution in [0.4, 0.5) is 5.69 Å². The molecule has 0 aliphatic rings. The normalized spacial score (nSPS) is 11.0. The number of hydrogen-bond donors (Lipinski definition) is 1. The molecule has 0 unspecified atom stereocenters. The number of aromatic nitrogens is 4. The first-order valence-corrected chi connectivity index (χ1v) is 7.47. The van der Waals surface area contributed by atoms with E-state index < -0.39 is 0 Å². The van der Waals surface area contributed by atoms with Gasteiger partial charge in [-0.2, -0.15) is 10.2 Å². The Hall–Kier alpha value is -2.34. The van der Waals surface area contributed by atoms with Crippen molar-refractivity contribution in [2.75, 3.05) is 5.32 Å². The number of nitrogens with one attached hydrogen (secondary N) is 1. The van der Waals surface area contributed by atoms with Crippen LogP contribution in [0.25, 0.3) is 10.9 Å². The zero-order valence-electron chi connectivity index (χ0n) is 12.2. The van der Waals surface area contributed by atoms with Crippen LogP contribution in [0.2, 0.25) is 5.02 Å². The number of amides is 1. The van der Waals surface area contributed by atoms with Gasteiger partial charge in [0.05, 0.1) is 35.2 Å². The number of aryl methyl sites for hydroxylation is 2. The van der Waals surface area contributed by atoms with Crippen molar-refractivity contribution in [2.45, 2.75) is 26.4 Å². The van der Waals surface area contributed by atoms with Crippen LogP contribution in [0.1, 0.15) is 13.3 Å². The third-order valence-corrected chi connectivity index (χ3v) is 3.76. The Morgan fingerprint density at radius 2 is 2.18 bits per heavy atom. The molecular formula is C15H16ClN5O. The van der Waals surface area contributed by atoms with E-state index >= 15 is 0 Å². The molecule has 6 nitrogen and oxygen atoms in total. The number of anilines is 1. The predicted molar refractivity (Wildman–Crippen MR) is 85.9 cm³/mol.